The molecule has 1 unspecified atom stereocenters. The van der Waals surface area contributed by atoms with E-state index >= 15 is 0 Å². The Morgan fingerprint density at radius 1 is 1.30 bits per heavy atom. The summed E-state index contributed by atoms with van der Waals surface area (Å²) in [6.45, 7) is 2.07. The minimum Gasteiger partial charge on any atom is -0.378 e. The molecule has 0 bridgehead atoms. The van der Waals surface area contributed by atoms with Crippen molar-refractivity contribution in [1.82, 2.24) is 10.3 Å². The number of rotatable bonds is 4. The first-order chi connectivity index (χ1) is 9.60. The van der Waals surface area contributed by atoms with Crippen LogP contribution in [0.1, 0.15) is 29.0 Å². The highest BCUT2D eigenvalue weighted by atomic mass is 79.9. The monoisotopic (exact) mass is 333 g/mol. The molecule has 1 atom stereocenters. The van der Waals surface area contributed by atoms with Crippen molar-refractivity contribution in [2.75, 3.05) is 12.4 Å². The molecule has 5 heteroatoms. The van der Waals surface area contributed by atoms with E-state index in [0.717, 1.165) is 15.7 Å². The van der Waals surface area contributed by atoms with Crippen molar-refractivity contribution in [2.45, 2.75) is 13.0 Å². The second kappa shape index (κ2) is 6.52. The molecule has 1 aromatic heterocycles. The molecule has 0 saturated carbocycles. The molecule has 2 aromatic rings. The predicted octanol–water partition coefficient (Wildman–Crippen LogP) is 3.38. The summed E-state index contributed by atoms with van der Waals surface area (Å²) in [5, 5.41) is 5.93. The lowest BCUT2D eigenvalue weighted by Gasteiger charge is -2.16. The second-order valence-corrected chi connectivity index (χ2v) is 5.35. The summed E-state index contributed by atoms with van der Waals surface area (Å²) in [7, 11) is 1.59. The maximum Gasteiger partial charge on any atom is 0.269 e. The van der Waals surface area contributed by atoms with E-state index in [-0.39, 0.29) is 11.9 Å². The normalized spacial score (nSPS) is 11.8. The molecule has 2 rings (SSSR count). The summed E-state index contributed by atoms with van der Waals surface area (Å²) in [6, 6.07) is 11.8. The zero-order valence-electron chi connectivity index (χ0n) is 11.4. The molecular weight excluding hydrogens is 318 g/mol. The summed E-state index contributed by atoms with van der Waals surface area (Å²) in [5.41, 5.74) is 2.43. The zero-order chi connectivity index (χ0) is 14.5. The molecule has 2 N–H and O–H groups in total. The first kappa shape index (κ1) is 14.5. The van der Waals surface area contributed by atoms with Crippen LogP contribution in [0.15, 0.2) is 47.1 Å². The predicted molar refractivity (Wildman–Crippen MR) is 83.8 cm³/mol. The van der Waals surface area contributed by atoms with Gasteiger partial charge in [-0.15, -0.1) is 0 Å². The van der Waals surface area contributed by atoms with E-state index < -0.39 is 0 Å². The van der Waals surface area contributed by atoms with E-state index in [1.165, 1.54) is 0 Å². The van der Waals surface area contributed by atoms with Crippen LogP contribution < -0.4 is 10.6 Å². The lowest BCUT2D eigenvalue weighted by atomic mass is 10.1. The van der Waals surface area contributed by atoms with Gasteiger partial charge in [-0.25, -0.2) is 0 Å². The molecule has 0 aliphatic carbocycles. The third kappa shape index (κ3) is 3.57. The number of pyridine rings is 1. The van der Waals surface area contributed by atoms with Gasteiger partial charge in [0.1, 0.15) is 5.69 Å². The van der Waals surface area contributed by atoms with Crippen LogP contribution in [0, 0.1) is 0 Å². The van der Waals surface area contributed by atoms with Crippen LogP contribution in [0.25, 0.3) is 0 Å². The number of halogens is 1. The van der Waals surface area contributed by atoms with Crippen molar-refractivity contribution in [2.24, 2.45) is 0 Å². The van der Waals surface area contributed by atoms with Crippen LogP contribution in [-0.2, 0) is 0 Å². The van der Waals surface area contributed by atoms with Crippen molar-refractivity contribution < 1.29 is 4.79 Å². The van der Waals surface area contributed by atoms with Crippen molar-refractivity contribution >= 4 is 27.5 Å². The quantitative estimate of drug-likeness (QED) is 0.901. The van der Waals surface area contributed by atoms with Crippen LogP contribution in [0.4, 0.5) is 5.69 Å². The van der Waals surface area contributed by atoms with E-state index in [9.17, 15) is 4.79 Å². The number of aromatic nitrogens is 1. The number of benzene rings is 1. The smallest absolute Gasteiger partial charge is 0.269 e. The van der Waals surface area contributed by atoms with Gasteiger partial charge in [-0.1, -0.05) is 28.1 Å². The Balaban J connectivity index is 2.15. The number of amides is 1. The second-order valence-electron chi connectivity index (χ2n) is 4.43. The fourth-order valence-corrected chi connectivity index (χ4v) is 2.30. The van der Waals surface area contributed by atoms with Crippen LogP contribution in [0.2, 0.25) is 0 Å². The van der Waals surface area contributed by atoms with Gasteiger partial charge in [0.2, 0.25) is 0 Å². The Morgan fingerprint density at radius 3 is 2.80 bits per heavy atom. The lowest BCUT2D eigenvalue weighted by molar-refractivity contribution is 0.0958. The highest BCUT2D eigenvalue weighted by molar-refractivity contribution is 9.10. The Morgan fingerprint density at radius 2 is 2.10 bits per heavy atom. The highest BCUT2D eigenvalue weighted by Crippen LogP contribution is 2.22. The van der Waals surface area contributed by atoms with E-state index in [1.807, 2.05) is 18.2 Å². The number of hydrogen-bond acceptors (Lipinski definition) is 3. The standard InChI is InChI=1S/C15H16BrN3O/c1-10(11-4-3-5-12(16)8-11)19-13-6-7-18-14(9-13)15(20)17-2/h3-10H,1-2H3,(H,17,20)(H,18,19). The van der Waals surface area contributed by atoms with E-state index in [4.69, 9.17) is 0 Å². The van der Waals surface area contributed by atoms with Crippen LogP contribution in [-0.4, -0.2) is 17.9 Å². The van der Waals surface area contributed by atoms with Crippen molar-refractivity contribution in [1.29, 1.82) is 0 Å². The summed E-state index contributed by atoms with van der Waals surface area (Å²) < 4.78 is 1.05. The van der Waals surface area contributed by atoms with Gasteiger partial charge in [0.25, 0.3) is 5.91 Å². The van der Waals surface area contributed by atoms with Gasteiger partial charge in [0.15, 0.2) is 0 Å². The highest BCUT2D eigenvalue weighted by Gasteiger charge is 2.09. The number of nitrogens with one attached hydrogen (secondary N) is 2. The Kier molecular flexibility index (Phi) is 4.74. The number of anilines is 1. The summed E-state index contributed by atoms with van der Waals surface area (Å²) in [6.07, 6.45) is 1.63. The first-order valence-corrected chi connectivity index (χ1v) is 7.09. The van der Waals surface area contributed by atoms with Gasteiger partial charge >= 0.3 is 0 Å². The van der Waals surface area contributed by atoms with Crippen LogP contribution in [0.3, 0.4) is 0 Å². The molecule has 1 amide bonds. The molecule has 1 heterocycles. The van der Waals surface area contributed by atoms with Crippen LogP contribution >= 0.6 is 15.9 Å². The van der Waals surface area contributed by atoms with Gasteiger partial charge in [0, 0.05) is 29.4 Å². The topological polar surface area (TPSA) is 54.0 Å². The van der Waals surface area contributed by atoms with Gasteiger partial charge in [-0.2, -0.15) is 0 Å². The van der Waals surface area contributed by atoms with Crippen molar-refractivity contribution in [3.63, 3.8) is 0 Å². The molecule has 0 radical (unpaired) electrons. The maximum absolute atomic E-state index is 11.6. The SMILES string of the molecule is CNC(=O)c1cc(NC(C)c2cccc(Br)c2)ccn1. The summed E-state index contributed by atoms with van der Waals surface area (Å²) in [5.74, 6) is -0.191. The lowest BCUT2D eigenvalue weighted by Crippen LogP contribution is -2.19. The minimum atomic E-state index is -0.191. The average Bonchev–Trinajstić information content (AvgIpc) is 2.46. The molecule has 0 spiro atoms. The summed E-state index contributed by atoms with van der Waals surface area (Å²) >= 11 is 3.47. The fourth-order valence-electron chi connectivity index (χ4n) is 1.88. The largest absolute Gasteiger partial charge is 0.378 e. The molecule has 104 valence electrons. The Hall–Kier alpha value is -1.88. The minimum absolute atomic E-state index is 0.132. The first-order valence-electron chi connectivity index (χ1n) is 6.30. The Bertz CT molecular complexity index is 616. The van der Waals surface area contributed by atoms with Gasteiger partial charge in [-0.05, 0) is 36.8 Å². The molecule has 4 nitrogen and oxygen atoms in total. The molecule has 0 aliphatic rings. The average molecular weight is 334 g/mol. The van der Waals surface area contributed by atoms with E-state index in [0.29, 0.717) is 5.69 Å². The molecule has 0 fully saturated rings. The fraction of sp³-hybridized carbons (Fsp3) is 0.200. The molecule has 1 aromatic carbocycles. The molecule has 20 heavy (non-hydrogen) atoms. The van der Waals surface area contributed by atoms with Gasteiger partial charge in [-0.3, -0.25) is 9.78 Å². The van der Waals surface area contributed by atoms with Gasteiger partial charge < -0.3 is 10.6 Å². The van der Waals surface area contributed by atoms with Crippen LogP contribution in [0.5, 0.6) is 0 Å². The Labute approximate surface area is 126 Å². The number of hydrogen-bond donors (Lipinski definition) is 2. The maximum atomic E-state index is 11.6. The molecule has 0 saturated heterocycles. The number of nitrogens with zero attached hydrogens (tertiary/aromatic N) is 1. The zero-order valence-corrected chi connectivity index (χ0v) is 12.9. The number of carbonyl (C=O) groups is 1. The molecule has 0 aliphatic heterocycles. The summed E-state index contributed by atoms with van der Waals surface area (Å²) in [4.78, 5) is 15.6. The van der Waals surface area contributed by atoms with Gasteiger partial charge in [0.05, 0.1) is 0 Å². The molecular formula is C15H16BrN3O. The van der Waals surface area contributed by atoms with Crippen molar-refractivity contribution in [3.8, 4) is 0 Å². The van der Waals surface area contributed by atoms with E-state index in [1.54, 1.807) is 19.3 Å². The van der Waals surface area contributed by atoms with E-state index in [2.05, 4.69) is 50.6 Å². The third-order valence-corrected chi connectivity index (χ3v) is 3.44. The van der Waals surface area contributed by atoms with Crippen molar-refractivity contribution in [3.05, 3.63) is 58.3 Å². The number of carbonyl (C=O) groups excluding carboxylic acids is 1. The third-order valence-electron chi connectivity index (χ3n) is 2.95.